The number of amides is 3. The first-order valence-electron chi connectivity index (χ1n) is 14.8. The van der Waals surface area contributed by atoms with Crippen LogP contribution in [0.3, 0.4) is 0 Å². The maximum absolute atomic E-state index is 13.5. The number of carbonyl (C=O) groups excluding carboxylic acids is 3. The third kappa shape index (κ3) is 7.84. The summed E-state index contributed by atoms with van der Waals surface area (Å²) >= 11 is 0. The average Bonchev–Trinajstić information content (AvgIpc) is 2.98. The van der Waals surface area contributed by atoms with Gasteiger partial charge >= 0.3 is 6.09 Å². The minimum Gasteiger partial charge on any atom is -0.445 e. The van der Waals surface area contributed by atoms with E-state index in [0.29, 0.717) is 38.8 Å². The number of nitrogens with zero attached hydrogens (tertiary/aromatic N) is 2. The SMILES string of the molecule is CCCN1C(=O)[C@H](CCCCNC(=O)OCc2ccccc2)NC(=O)C12CCN(CCCc1ccccc1)CC2. The molecule has 2 fully saturated rings. The standard InChI is InChI=1S/C32H44N4O4/c1-2-21-36-29(37)28(17-9-10-20-33-31(39)40-25-27-14-7-4-8-15-27)34-30(38)32(36)18-23-35(24-19-32)22-11-16-26-12-5-3-6-13-26/h3-8,12-15,28H,2,9-11,16-25H2,1H3,(H,33,39)(H,34,38)/t28-/m0/s1. The molecule has 2 N–H and O–H groups in total. The number of ether oxygens (including phenoxy) is 1. The number of alkyl carbamates (subject to hydrolysis) is 1. The number of aryl methyl sites for hydroxylation is 1. The van der Waals surface area contributed by atoms with E-state index in [1.54, 1.807) is 0 Å². The molecule has 2 heterocycles. The van der Waals surface area contributed by atoms with Gasteiger partial charge in [0.05, 0.1) is 0 Å². The van der Waals surface area contributed by atoms with Crippen molar-refractivity contribution < 1.29 is 19.1 Å². The fourth-order valence-electron chi connectivity index (χ4n) is 5.85. The third-order valence-electron chi connectivity index (χ3n) is 8.12. The van der Waals surface area contributed by atoms with Crippen molar-refractivity contribution >= 4 is 17.9 Å². The topological polar surface area (TPSA) is 91.0 Å². The zero-order valence-electron chi connectivity index (χ0n) is 23.8. The summed E-state index contributed by atoms with van der Waals surface area (Å²) in [6, 6.07) is 19.6. The summed E-state index contributed by atoms with van der Waals surface area (Å²) in [5.74, 6) is 0.0336. The number of unbranched alkanes of at least 4 members (excludes halogenated alkanes) is 1. The van der Waals surface area contributed by atoms with Crippen LogP contribution in [0.2, 0.25) is 0 Å². The van der Waals surface area contributed by atoms with Crippen molar-refractivity contribution in [2.75, 3.05) is 32.7 Å². The Balaban J connectivity index is 1.19. The van der Waals surface area contributed by atoms with E-state index in [4.69, 9.17) is 4.74 Å². The second-order valence-electron chi connectivity index (χ2n) is 11.0. The van der Waals surface area contributed by atoms with Crippen LogP contribution < -0.4 is 10.6 Å². The predicted molar refractivity (Wildman–Crippen MR) is 156 cm³/mol. The Bertz CT molecular complexity index is 1090. The molecule has 8 heteroatoms. The number of benzene rings is 2. The molecular weight excluding hydrogens is 504 g/mol. The lowest BCUT2D eigenvalue weighted by molar-refractivity contribution is -0.161. The zero-order valence-corrected chi connectivity index (χ0v) is 23.8. The van der Waals surface area contributed by atoms with Crippen LogP contribution in [0.4, 0.5) is 4.79 Å². The molecule has 0 aromatic heterocycles. The molecule has 0 bridgehead atoms. The smallest absolute Gasteiger partial charge is 0.407 e. The number of hydrogen-bond donors (Lipinski definition) is 2. The van der Waals surface area contributed by atoms with E-state index in [1.807, 2.05) is 41.3 Å². The number of rotatable bonds is 13. The van der Waals surface area contributed by atoms with E-state index in [9.17, 15) is 14.4 Å². The molecule has 4 rings (SSSR count). The van der Waals surface area contributed by atoms with E-state index >= 15 is 0 Å². The van der Waals surface area contributed by atoms with Crippen molar-refractivity contribution in [2.24, 2.45) is 0 Å². The number of carbonyl (C=O) groups is 3. The number of piperidine rings is 1. The first-order chi connectivity index (χ1) is 19.5. The highest BCUT2D eigenvalue weighted by Crippen LogP contribution is 2.34. The molecule has 216 valence electrons. The highest BCUT2D eigenvalue weighted by Gasteiger charge is 2.52. The predicted octanol–water partition coefficient (Wildman–Crippen LogP) is 4.29. The number of hydrogen-bond acceptors (Lipinski definition) is 5. The number of nitrogens with one attached hydrogen (secondary N) is 2. The Morgan fingerprint density at radius 2 is 1.62 bits per heavy atom. The third-order valence-corrected chi connectivity index (χ3v) is 8.12. The van der Waals surface area contributed by atoms with Gasteiger partial charge in [0.25, 0.3) is 0 Å². The number of piperazine rings is 1. The minimum absolute atomic E-state index is 0.00268. The fraction of sp³-hybridized carbons (Fsp3) is 0.531. The Morgan fingerprint density at radius 1 is 0.950 bits per heavy atom. The Labute approximate surface area is 238 Å². The molecule has 8 nitrogen and oxygen atoms in total. The van der Waals surface area contributed by atoms with Crippen molar-refractivity contribution in [3.63, 3.8) is 0 Å². The molecule has 2 aliphatic rings. The van der Waals surface area contributed by atoms with Gasteiger partial charge in [-0.05, 0) is 69.0 Å². The summed E-state index contributed by atoms with van der Waals surface area (Å²) in [4.78, 5) is 43.3. The Kier molecular flexibility index (Phi) is 11.0. The second kappa shape index (κ2) is 14.8. The summed E-state index contributed by atoms with van der Waals surface area (Å²) < 4.78 is 5.24. The summed E-state index contributed by atoms with van der Waals surface area (Å²) in [6.07, 6.45) is 5.85. The lowest BCUT2D eigenvalue weighted by Crippen LogP contribution is -2.72. The van der Waals surface area contributed by atoms with E-state index in [1.165, 1.54) is 5.56 Å². The van der Waals surface area contributed by atoms with Gasteiger partial charge in [-0.15, -0.1) is 0 Å². The van der Waals surface area contributed by atoms with Crippen LogP contribution in [0.15, 0.2) is 60.7 Å². The van der Waals surface area contributed by atoms with E-state index in [-0.39, 0.29) is 18.4 Å². The van der Waals surface area contributed by atoms with Crippen molar-refractivity contribution in [1.82, 2.24) is 20.4 Å². The quantitative estimate of drug-likeness (QED) is 0.365. The van der Waals surface area contributed by atoms with Gasteiger partial charge in [-0.25, -0.2) is 4.79 Å². The van der Waals surface area contributed by atoms with Crippen molar-refractivity contribution in [3.8, 4) is 0 Å². The molecule has 2 aromatic carbocycles. The van der Waals surface area contributed by atoms with Crippen molar-refractivity contribution in [3.05, 3.63) is 71.8 Å². The molecular formula is C32H44N4O4. The van der Waals surface area contributed by atoms with E-state index in [2.05, 4.69) is 46.7 Å². The van der Waals surface area contributed by atoms with Crippen molar-refractivity contribution in [1.29, 1.82) is 0 Å². The maximum Gasteiger partial charge on any atom is 0.407 e. The van der Waals surface area contributed by atoms with Crippen LogP contribution in [-0.4, -0.2) is 72.0 Å². The molecule has 1 atom stereocenters. The maximum atomic E-state index is 13.5. The van der Waals surface area contributed by atoms with Gasteiger partial charge in [-0.1, -0.05) is 67.6 Å². The van der Waals surface area contributed by atoms with E-state index in [0.717, 1.165) is 50.9 Å². The molecule has 0 aliphatic carbocycles. The number of likely N-dealkylation sites (tertiary alicyclic amines) is 1. The Morgan fingerprint density at radius 3 is 2.30 bits per heavy atom. The lowest BCUT2D eigenvalue weighted by Gasteiger charge is -2.51. The van der Waals surface area contributed by atoms with Crippen LogP contribution in [0, 0.1) is 0 Å². The van der Waals surface area contributed by atoms with Crippen LogP contribution >= 0.6 is 0 Å². The molecule has 0 radical (unpaired) electrons. The molecule has 2 aromatic rings. The molecule has 3 amide bonds. The van der Waals surface area contributed by atoms with Gasteiger partial charge in [-0.2, -0.15) is 0 Å². The summed E-state index contributed by atoms with van der Waals surface area (Å²) in [6.45, 7) is 6.01. The van der Waals surface area contributed by atoms with Crippen LogP contribution in [0.5, 0.6) is 0 Å². The molecule has 0 saturated carbocycles. The minimum atomic E-state index is -0.733. The summed E-state index contributed by atoms with van der Waals surface area (Å²) in [5.41, 5.74) is 1.56. The normalized spacial score (nSPS) is 18.9. The van der Waals surface area contributed by atoms with Gasteiger partial charge < -0.3 is 25.2 Å². The zero-order chi connectivity index (χ0) is 28.2. The first-order valence-corrected chi connectivity index (χ1v) is 14.8. The van der Waals surface area contributed by atoms with Gasteiger partial charge in [0.2, 0.25) is 11.8 Å². The summed E-state index contributed by atoms with van der Waals surface area (Å²) in [5, 5.41) is 5.84. The van der Waals surface area contributed by atoms with Crippen LogP contribution in [-0.2, 0) is 27.4 Å². The highest BCUT2D eigenvalue weighted by atomic mass is 16.5. The van der Waals surface area contributed by atoms with Gasteiger partial charge in [0.1, 0.15) is 18.2 Å². The average molecular weight is 549 g/mol. The lowest BCUT2D eigenvalue weighted by atomic mass is 9.81. The first kappa shape index (κ1) is 29.6. The molecule has 40 heavy (non-hydrogen) atoms. The summed E-state index contributed by atoms with van der Waals surface area (Å²) in [7, 11) is 0. The Hall–Kier alpha value is -3.39. The molecule has 2 saturated heterocycles. The molecule has 0 unspecified atom stereocenters. The highest BCUT2D eigenvalue weighted by molar-refractivity contribution is 6.00. The van der Waals surface area contributed by atoms with Crippen LogP contribution in [0.25, 0.3) is 0 Å². The fourth-order valence-corrected chi connectivity index (χ4v) is 5.85. The van der Waals surface area contributed by atoms with E-state index < -0.39 is 17.7 Å². The molecule has 2 aliphatic heterocycles. The van der Waals surface area contributed by atoms with Crippen LogP contribution in [0.1, 0.15) is 63.0 Å². The van der Waals surface area contributed by atoms with Gasteiger partial charge in [0, 0.05) is 26.2 Å². The largest absolute Gasteiger partial charge is 0.445 e. The van der Waals surface area contributed by atoms with Gasteiger partial charge in [-0.3, -0.25) is 9.59 Å². The monoisotopic (exact) mass is 548 g/mol. The second-order valence-corrected chi connectivity index (χ2v) is 11.0. The molecule has 1 spiro atoms. The van der Waals surface area contributed by atoms with Crippen molar-refractivity contribution in [2.45, 2.75) is 76.5 Å². The van der Waals surface area contributed by atoms with Gasteiger partial charge in [0.15, 0.2) is 0 Å².